The van der Waals surface area contributed by atoms with Crippen LogP contribution in [0.15, 0.2) is 17.1 Å². The maximum absolute atomic E-state index is 12.0. The molecule has 0 radical (unpaired) electrons. The Morgan fingerprint density at radius 2 is 2.36 bits per heavy atom. The van der Waals surface area contributed by atoms with Crippen molar-refractivity contribution in [3.05, 3.63) is 18.4 Å². The first-order valence-corrected chi connectivity index (χ1v) is 7.92. The fraction of sp³-hybridized carbons (Fsp3) is 0.733. The van der Waals surface area contributed by atoms with E-state index in [1.54, 1.807) is 6.26 Å². The fourth-order valence-corrected chi connectivity index (χ4v) is 3.28. The lowest BCUT2D eigenvalue weighted by Gasteiger charge is -2.32. The van der Waals surface area contributed by atoms with Crippen LogP contribution in [0.2, 0.25) is 0 Å². The Bertz CT molecular complexity index is 448. The molecule has 6 nitrogen and oxygen atoms in total. The molecular formula is C15H25ClN4O2. The van der Waals surface area contributed by atoms with Crippen LogP contribution in [-0.4, -0.2) is 48.0 Å². The van der Waals surface area contributed by atoms with Crippen molar-refractivity contribution in [2.45, 2.75) is 38.3 Å². The lowest BCUT2D eigenvalue weighted by Crippen LogP contribution is -2.45. The van der Waals surface area contributed by atoms with Gasteiger partial charge in [-0.1, -0.05) is 0 Å². The van der Waals surface area contributed by atoms with Crippen molar-refractivity contribution in [1.29, 1.82) is 0 Å². The Morgan fingerprint density at radius 1 is 1.45 bits per heavy atom. The predicted molar refractivity (Wildman–Crippen MR) is 85.8 cm³/mol. The minimum atomic E-state index is 0. The van der Waals surface area contributed by atoms with Gasteiger partial charge in [-0.25, -0.2) is 4.98 Å². The van der Waals surface area contributed by atoms with Gasteiger partial charge in [0.1, 0.15) is 6.26 Å². The number of oxazole rings is 1. The van der Waals surface area contributed by atoms with Crippen molar-refractivity contribution in [2.24, 2.45) is 5.92 Å². The lowest BCUT2D eigenvalue weighted by molar-refractivity contribution is -0.123. The van der Waals surface area contributed by atoms with Gasteiger partial charge in [-0.05, 0) is 44.7 Å². The second-order valence-electron chi connectivity index (χ2n) is 6.12. The molecule has 7 heteroatoms. The van der Waals surface area contributed by atoms with Gasteiger partial charge in [0.15, 0.2) is 6.39 Å². The molecule has 124 valence electrons. The summed E-state index contributed by atoms with van der Waals surface area (Å²) in [5, 5.41) is 6.35. The molecule has 2 unspecified atom stereocenters. The normalized spacial score (nSPS) is 25.6. The molecule has 0 saturated carbocycles. The molecule has 1 aromatic heterocycles. The molecule has 3 heterocycles. The topological polar surface area (TPSA) is 70.4 Å². The second kappa shape index (κ2) is 8.50. The highest BCUT2D eigenvalue weighted by Gasteiger charge is 2.24. The van der Waals surface area contributed by atoms with E-state index in [1.807, 2.05) is 0 Å². The zero-order valence-corrected chi connectivity index (χ0v) is 13.6. The Morgan fingerprint density at radius 3 is 3.09 bits per heavy atom. The van der Waals surface area contributed by atoms with Gasteiger partial charge in [0.05, 0.1) is 11.7 Å². The number of rotatable bonds is 5. The van der Waals surface area contributed by atoms with E-state index in [9.17, 15) is 4.79 Å². The van der Waals surface area contributed by atoms with Crippen LogP contribution in [0.3, 0.4) is 0 Å². The van der Waals surface area contributed by atoms with Gasteiger partial charge in [-0.15, -0.1) is 12.4 Å². The van der Waals surface area contributed by atoms with E-state index in [-0.39, 0.29) is 24.4 Å². The third-order valence-electron chi connectivity index (χ3n) is 4.41. The van der Waals surface area contributed by atoms with E-state index in [4.69, 9.17) is 4.42 Å². The minimum Gasteiger partial charge on any atom is -0.451 e. The van der Waals surface area contributed by atoms with Gasteiger partial charge < -0.3 is 15.1 Å². The fourth-order valence-electron chi connectivity index (χ4n) is 3.28. The van der Waals surface area contributed by atoms with Crippen molar-refractivity contribution < 1.29 is 9.21 Å². The lowest BCUT2D eigenvalue weighted by atomic mass is 9.97. The number of hydrogen-bond acceptors (Lipinski definition) is 5. The van der Waals surface area contributed by atoms with Gasteiger partial charge >= 0.3 is 0 Å². The number of piperidine rings is 1. The van der Waals surface area contributed by atoms with Crippen LogP contribution in [0.4, 0.5) is 0 Å². The largest absolute Gasteiger partial charge is 0.451 e. The second-order valence-corrected chi connectivity index (χ2v) is 6.12. The van der Waals surface area contributed by atoms with Gasteiger partial charge in [-0.3, -0.25) is 9.69 Å². The van der Waals surface area contributed by atoms with Crippen LogP contribution in [0, 0.1) is 5.92 Å². The van der Waals surface area contributed by atoms with Gasteiger partial charge in [0, 0.05) is 19.6 Å². The average molecular weight is 329 g/mol. The zero-order chi connectivity index (χ0) is 14.5. The van der Waals surface area contributed by atoms with E-state index in [2.05, 4.69) is 20.5 Å². The summed E-state index contributed by atoms with van der Waals surface area (Å²) < 4.78 is 5.02. The molecular weight excluding hydrogens is 304 g/mol. The highest BCUT2D eigenvalue weighted by Crippen LogP contribution is 2.17. The molecule has 1 aromatic rings. The third kappa shape index (κ3) is 4.69. The number of hydrogen-bond donors (Lipinski definition) is 2. The highest BCUT2D eigenvalue weighted by atomic mass is 35.5. The molecule has 3 rings (SSSR count). The third-order valence-corrected chi connectivity index (χ3v) is 4.41. The molecule has 0 aromatic carbocycles. The molecule has 2 N–H and O–H groups in total. The highest BCUT2D eigenvalue weighted by molar-refractivity contribution is 5.85. The van der Waals surface area contributed by atoms with Crippen LogP contribution >= 0.6 is 12.4 Å². The molecule has 2 fully saturated rings. The standard InChI is InChI=1S/C15H24N4O2.ClH/c20-15(14-4-1-5-16-14)17-7-12-3-2-6-19(8-12)9-13-10-21-11-18-13;/h10-12,14,16H,1-9H2,(H,17,20);1H. The van der Waals surface area contributed by atoms with Crippen molar-refractivity contribution in [1.82, 2.24) is 20.5 Å². The summed E-state index contributed by atoms with van der Waals surface area (Å²) in [5.74, 6) is 0.706. The molecule has 2 saturated heterocycles. The van der Waals surface area contributed by atoms with Crippen molar-refractivity contribution in [2.75, 3.05) is 26.2 Å². The van der Waals surface area contributed by atoms with E-state index in [0.717, 1.165) is 51.3 Å². The summed E-state index contributed by atoms with van der Waals surface area (Å²) in [6, 6.07) is 0.0276. The number of nitrogens with zero attached hydrogens (tertiary/aromatic N) is 2. The summed E-state index contributed by atoms with van der Waals surface area (Å²) in [5.41, 5.74) is 0.981. The monoisotopic (exact) mass is 328 g/mol. The van der Waals surface area contributed by atoms with E-state index >= 15 is 0 Å². The Labute approximate surface area is 137 Å². The number of amides is 1. The molecule has 2 atom stereocenters. The predicted octanol–water partition coefficient (Wildman–Crippen LogP) is 1.18. The number of nitrogens with one attached hydrogen (secondary N) is 2. The van der Waals surface area contributed by atoms with Crippen LogP contribution in [0.5, 0.6) is 0 Å². The summed E-state index contributed by atoms with van der Waals surface area (Å²) in [6.07, 6.45) is 7.62. The van der Waals surface area contributed by atoms with E-state index in [1.165, 1.54) is 19.2 Å². The first kappa shape index (κ1) is 17.2. The average Bonchev–Trinajstić information content (AvgIpc) is 3.18. The Balaban J connectivity index is 0.00000176. The first-order valence-electron chi connectivity index (χ1n) is 7.92. The maximum atomic E-state index is 12.0. The first-order chi connectivity index (χ1) is 10.3. The SMILES string of the molecule is Cl.O=C(NCC1CCCN(Cc2cocn2)C1)C1CCCN1. The van der Waals surface area contributed by atoms with E-state index in [0.29, 0.717) is 5.92 Å². The quantitative estimate of drug-likeness (QED) is 0.849. The van der Waals surface area contributed by atoms with Gasteiger partial charge in [-0.2, -0.15) is 0 Å². The number of aromatic nitrogens is 1. The van der Waals surface area contributed by atoms with Crippen molar-refractivity contribution >= 4 is 18.3 Å². The summed E-state index contributed by atoms with van der Waals surface area (Å²) in [7, 11) is 0. The minimum absolute atomic E-state index is 0. The molecule has 22 heavy (non-hydrogen) atoms. The molecule has 1 amide bonds. The smallest absolute Gasteiger partial charge is 0.237 e. The van der Waals surface area contributed by atoms with Crippen LogP contribution in [0.1, 0.15) is 31.4 Å². The van der Waals surface area contributed by atoms with E-state index < -0.39 is 0 Å². The van der Waals surface area contributed by atoms with Crippen LogP contribution in [0.25, 0.3) is 0 Å². The molecule has 0 aliphatic carbocycles. The molecule has 2 aliphatic rings. The van der Waals surface area contributed by atoms with Crippen LogP contribution in [-0.2, 0) is 11.3 Å². The zero-order valence-electron chi connectivity index (χ0n) is 12.8. The van der Waals surface area contributed by atoms with Gasteiger partial charge in [0.25, 0.3) is 0 Å². The van der Waals surface area contributed by atoms with Crippen molar-refractivity contribution in [3.8, 4) is 0 Å². The Hall–Kier alpha value is -1.11. The molecule has 0 spiro atoms. The van der Waals surface area contributed by atoms with Crippen LogP contribution < -0.4 is 10.6 Å². The summed E-state index contributed by atoms with van der Waals surface area (Å²) >= 11 is 0. The maximum Gasteiger partial charge on any atom is 0.237 e. The number of carbonyl (C=O) groups excluding carboxylic acids is 1. The number of carbonyl (C=O) groups is 1. The van der Waals surface area contributed by atoms with Gasteiger partial charge in [0.2, 0.25) is 5.91 Å². The number of likely N-dealkylation sites (tertiary alicyclic amines) is 1. The molecule has 0 bridgehead atoms. The molecule has 2 aliphatic heterocycles. The number of halogens is 1. The summed E-state index contributed by atoms with van der Waals surface area (Å²) in [6.45, 7) is 4.71. The van der Waals surface area contributed by atoms with Crippen molar-refractivity contribution in [3.63, 3.8) is 0 Å². The Kier molecular flexibility index (Phi) is 6.67. The summed E-state index contributed by atoms with van der Waals surface area (Å²) in [4.78, 5) is 18.6.